The number of primary amides is 1. The number of hydrogen-bond acceptors (Lipinski definition) is 5. The Morgan fingerprint density at radius 2 is 1.25 bits per heavy atom. The van der Waals surface area contributed by atoms with Gasteiger partial charge < -0.3 is 20.3 Å². The van der Waals surface area contributed by atoms with Gasteiger partial charge in [-0.05, 0) is 34.4 Å². The lowest BCUT2D eigenvalue weighted by Gasteiger charge is -2.39. The predicted octanol–water partition coefficient (Wildman–Crippen LogP) is 5.46. The average Bonchev–Trinajstić information content (AvgIpc) is 3.28. The summed E-state index contributed by atoms with van der Waals surface area (Å²) in [5.41, 5.74) is 10.8. The molecule has 4 aromatic carbocycles. The molecule has 40 heavy (non-hydrogen) atoms. The quantitative estimate of drug-likeness (QED) is 0.325. The van der Waals surface area contributed by atoms with E-state index in [0.29, 0.717) is 22.6 Å². The first kappa shape index (κ1) is 25.2. The van der Waals surface area contributed by atoms with Crippen molar-refractivity contribution in [2.75, 3.05) is 6.61 Å². The summed E-state index contributed by atoms with van der Waals surface area (Å²) in [5.74, 6) is -1.49. The highest BCUT2D eigenvalue weighted by atomic mass is 16.6. The lowest BCUT2D eigenvalue weighted by Crippen LogP contribution is -2.50. The minimum Gasteiger partial charge on any atom is -0.480 e. The number of carbonyl (C=O) groups excluding carboxylic acids is 2. The zero-order valence-electron chi connectivity index (χ0n) is 21.4. The van der Waals surface area contributed by atoms with Crippen molar-refractivity contribution in [1.82, 2.24) is 4.90 Å². The van der Waals surface area contributed by atoms with Gasteiger partial charge in [0.25, 0.3) is 0 Å². The maximum atomic E-state index is 14.0. The van der Waals surface area contributed by atoms with Gasteiger partial charge in [0.2, 0.25) is 5.91 Å². The Labute approximate surface area is 230 Å². The van der Waals surface area contributed by atoms with Crippen molar-refractivity contribution < 1.29 is 29.0 Å². The molecule has 1 aliphatic carbocycles. The van der Waals surface area contributed by atoms with Crippen LogP contribution >= 0.6 is 0 Å². The van der Waals surface area contributed by atoms with E-state index in [-0.39, 0.29) is 12.5 Å². The van der Waals surface area contributed by atoms with E-state index in [1.165, 1.54) is 0 Å². The molecular weight excluding hydrogens is 508 g/mol. The summed E-state index contributed by atoms with van der Waals surface area (Å²) in [6.45, 7) is -0.0151. The normalized spacial score (nSPS) is 14.1. The molecule has 8 nitrogen and oxygen atoms in total. The number of rotatable bonds is 7. The van der Waals surface area contributed by atoms with Crippen LogP contribution in [-0.2, 0) is 14.3 Å². The highest BCUT2D eigenvalue weighted by Gasteiger charge is 2.43. The Morgan fingerprint density at radius 3 is 1.75 bits per heavy atom. The van der Waals surface area contributed by atoms with Crippen LogP contribution in [0.1, 0.15) is 40.6 Å². The fourth-order valence-electron chi connectivity index (χ4n) is 5.76. The zero-order chi connectivity index (χ0) is 27.8. The first-order chi connectivity index (χ1) is 19.4. The number of carbonyl (C=O) groups is 3. The summed E-state index contributed by atoms with van der Waals surface area (Å²) in [7, 11) is 0. The van der Waals surface area contributed by atoms with E-state index in [0.717, 1.165) is 27.2 Å². The molecule has 0 fully saturated rings. The van der Waals surface area contributed by atoms with Crippen molar-refractivity contribution in [3.05, 3.63) is 119 Å². The summed E-state index contributed by atoms with van der Waals surface area (Å²) in [4.78, 5) is 39.7. The van der Waals surface area contributed by atoms with Crippen molar-refractivity contribution in [3.8, 4) is 22.6 Å². The van der Waals surface area contributed by atoms with Gasteiger partial charge in [-0.3, -0.25) is 9.69 Å². The van der Waals surface area contributed by atoms with Crippen LogP contribution in [0.15, 0.2) is 97.1 Å². The van der Waals surface area contributed by atoms with Gasteiger partial charge in [0, 0.05) is 17.0 Å². The van der Waals surface area contributed by atoms with Gasteiger partial charge >= 0.3 is 12.1 Å². The van der Waals surface area contributed by atoms with Crippen LogP contribution in [0.3, 0.4) is 0 Å². The number of carboxylic acid groups (broad SMARTS) is 1. The van der Waals surface area contributed by atoms with Crippen LogP contribution in [0.4, 0.5) is 4.79 Å². The zero-order valence-corrected chi connectivity index (χ0v) is 21.4. The molecule has 0 saturated carbocycles. The van der Waals surface area contributed by atoms with E-state index in [1.54, 1.807) is 48.5 Å². The molecule has 4 aromatic rings. The topological polar surface area (TPSA) is 119 Å². The molecule has 3 N–H and O–H groups in total. The van der Waals surface area contributed by atoms with Crippen molar-refractivity contribution in [2.24, 2.45) is 5.73 Å². The molecule has 0 bridgehead atoms. The molecule has 200 valence electrons. The summed E-state index contributed by atoms with van der Waals surface area (Å²) in [6, 6.07) is 27.6. The fraction of sp³-hybridized carbons (Fsp3) is 0.156. The molecule has 2 amide bonds. The second-order valence-corrected chi connectivity index (χ2v) is 9.82. The molecule has 0 saturated heterocycles. The van der Waals surface area contributed by atoms with Crippen LogP contribution in [0, 0.1) is 0 Å². The number of nitrogens with two attached hydrogens (primary N) is 1. The monoisotopic (exact) mass is 534 g/mol. The fourth-order valence-corrected chi connectivity index (χ4v) is 5.76. The number of ether oxygens (including phenoxy) is 2. The Bertz CT molecular complexity index is 1540. The van der Waals surface area contributed by atoms with E-state index in [4.69, 9.17) is 15.2 Å². The lowest BCUT2D eigenvalue weighted by molar-refractivity contribution is -0.145. The molecule has 0 radical (unpaired) electrons. The third kappa shape index (κ3) is 4.33. The van der Waals surface area contributed by atoms with E-state index >= 15 is 0 Å². The standard InChI is InChI=1S/C32H26N2O6/c33-29(35)17-26(31(36)37)34(30-23-13-5-7-15-27(23)40-28-16-8-6-14-24(28)30)32(38)39-18-25-21-11-3-1-9-19(21)20-10-2-4-12-22(20)25/h1-16,25-26,30H,17-18H2,(H2,33,35)(H,36,37)/t26-/m1/s1. The number of aliphatic carboxylic acids is 1. The Balaban J connectivity index is 1.40. The second-order valence-electron chi connectivity index (χ2n) is 9.82. The number of amides is 2. The number of nitrogens with zero attached hydrogens (tertiary/aromatic N) is 1. The van der Waals surface area contributed by atoms with E-state index in [9.17, 15) is 19.5 Å². The molecule has 2 aliphatic rings. The summed E-state index contributed by atoms with van der Waals surface area (Å²) < 4.78 is 12.0. The van der Waals surface area contributed by atoms with E-state index in [1.807, 2.05) is 48.5 Å². The van der Waals surface area contributed by atoms with Crippen LogP contribution in [0.2, 0.25) is 0 Å². The van der Waals surface area contributed by atoms with Crippen LogP contribution in [0.5, 0.6) is 11.5 Å². The SMILES string of the molecule is NC(=O)C[C@H](C(=O)O)N(C(=O)OCC1c2ccccc2-c2ccccc21)C1c2ccccc2Oc2ccccc21. The van der Waals surface area contributed by atoms with Gasteiger partial charge in [-0.2, -0.15) is 0 Å². The highest BCUT2D eigenvalue weighted by molar-refractivity contribution is 5.87. The minimum atomic E-state index is -1.57. The van der Waals surface area contributed by atoms with Crippen molar-refractivity contribution >= 4 is 18.0 Å². The van der Waals surface area contributed by atoms with Crippen LogP contribution in [-0.4, -0.2) is 40.6 Å². The number of hydrogen-bond donors (Lipinski definition) is 2. The molecule has 0 aromatic heterocycles. The third-order valence-corrected chi connectivity index (χ3v) is 7.49. The minimum absolute atomic E-state index is 0.0151. The van der Waals surface area contributed by atoms with Gasteiger partial charge in [-0.25, -0.2) is 9.59 Å². The van der Waals surface area contributed by atoms with Gasteiger partial charge in [0.05, 0.1) is 12.5 Å². The Kier molecular flexibility index (Phi) is 6.43. The van der Waals surface area contributed by atoms with Crippen LogP contribution in [0.25, 0.3) is 11.1 Å². The van der Waals surface area contributed by atoms with E-state index in [2.05, 4.69) is 0 Å². The largest absolute Gasteiger partial charge is 0.480 e. The molecular formula is C32H26N2O6. The summed E-state index contributed by atoms with van der Waals surface area (Å²) in [6.07, 6.45) is -1.45. The maximum absolute atomic E-state index is 14.0. The van der Waals surface area contributed by atoms with Gasteiger partial charge in [-0.15, -0.1) is 0 Å². The second kappa shape index (κ2) is 10.2. The average molecular weight is 535 g/mol. The van der Waals surface area contributed by atoms with Gasteiger partial charge in [0.15, 0.2) is 0 Å². The lowest BCUT2D eigenvalue weighted by atomic mass is 9.91. The molecule has 0 spiro atoms. The molecule has 0 unspecified atom stereocenters. The number of fused-ring (bicyclic) bond motifs is 5. The number of carboxylic acids is 1. The maximum Gasteiger partial charge on any atom is 0.411 e. The first-order valence-electron chi connectivity index (χ1n) is 12.9. The summed E-state index contributed by atoms with van der Waals surface area (Å²) in [5, 5.41) is 10.2. The van der Waals surface area contributed by atoms with Gasteiger partial charge in [0.1, 0.15) is 24.1 Å². The molecule has 1 heterocycles. The van der Waals surface area contributed by atoms with Gasteiger partial charge in [-0.1, -0.05) is 84.9 Å². The van der Waals surface area contributed by atoms with Crippen molar-refractivity contribution in [2.45, 2.75) is 24.4 Å². The number of benzene rings is 4. The predicted molar refractivity (Wildman–Crippen MR) is 147 cm³/mol. The molecule has 8 heteroatoms. The Hall–Kier alpha value is -5.11. The summed E-state index contributed by atoms with van der Waals surface area (Å²) >= 11 is 0. The Morgan fingerprint density at radius 1 is 0.775 bits per heavy atom. The van der Waals surface area contributed by atoms with Crippen LogP contribution < -0.4 is 10.5 Å². The number of para-hydroxylation sites is 2. The smallest absolute Gasteiger partial charge is 0.411 e. The molecule has 6 rings (SSSR count). The first-order valence-corrected chi connectivity index (χ1v) is 12.9. The van der Waals surface area contributed by atoms with Crippen molar-refractivity contribution in [1.29, 1.82) is 0 Å². The molecule has 1 atom stereocenters. The molecule has 1 aliphatic heterocycles. The van der Waals surface area contributed by atoms with Crippen molar-refractivity contribution in [3.63, 3.8) is 0 Å². The highest BCUT2D eigenvalue weighted by Crippen LogP contribution is 2.47. The van der Waals surface area contributed by atoms with E-state index < -0.39 is 36.5 Å². The third-order valence-electron chi connectivity index (χ3n) is 7.49.